The Hall–Kier alpha value is -0.760. The van der Waals surface area contributed by atoms with Crippen LogP contribution in [0.1, 0.15) is 17.4 Å². The molecule has 0 unspecified atom stereocenters. The first kappa shape index (κ1) is 6.92. The van der Waals surface area contributed by atoms with E-state index in [4.69, 9.17) is 0 Å². The van der Waals surface area contributed by atoms with Crippen LogP contribution in [0.2, 0.25) is 0 Å². The van der Waals surface area contributed by atoms with Gasteiger partial charge in [0.2, 0.25) is 0 Å². The summed E-state index contributed by atoms with van der Waals surface area (Å²) in [5.41, 5.74) is 2.77. The fourth-order valence-corrected chi connectivity index (χ4v) is 1.71. The van der Waals surface area contributed by atoms with Crippen molar-refractivity contribution < 1.29 is 0 Å². The van der Waals surface area contributed by atoms with Crippen LogP contribution < -0.4 is 5.32 Å². The highest BCUT2D eigenvalue weighted by Gasteiger charge is 2.20. The lowest BCUT2D eigenvalue weighted by Gasteiger charge is -2.31. The van der Waals surface area contributed by atoms with Gasteiger partial charge in [-0.05, 0) is 26.0 Å². The molecule has 2 heterocycles. The maximum atomic E-state index is 3.28. The zero-order chi connectivity index (χ0) is 7.84. The fourth-order valence-electron chi connectivity index (χ4n) is 1.71. The second-order valence-corrected chi connectivity index (χ2v) is 3.30. The summed E-state index contributed by atoms with van der Waals surface area (Å²) in [6.07, 6.45) is 0. The van der Waals surface area contributed by atoms with Crippen molar-refractivity contribution in [2.45, 2.75) is 19.9 Å². The summed E-state index contributed by atoms with van der Waals surface area (Å²) in [7, 11) is 0. The van der Waals surface area contributed by atoms with Crippen molar-refractivity contribution in [3.05, 3.63) is 23.5 Å². The quantitative estimate of drug-likeness (QED) is 0.637. The molecule has 0 atom stereocenters. The number of nitrogens with one attached hydrogen (secondary N) is 1. The molecule has 0 radical (unpaired) electrons. The van der Waals surface area contributed by atoms with Gasteiger partial charge in [-0.25, -0.2) is 0 Å². The Morgan fingerprint density at radius 1 is 1.27 bits per heavy atom. The second kappa shape index (κ2) is 2.38. The van der Waals surface area contributed by atoms with Gasteiger partial charge >= 0.3 is 0 Å². The molecule has 11 heavy (non-hydrogen) atoms. The number of hydrogen-bond acceptors (Lipinski definition) is 1. The van der Waals surface area contributed by atoms with E-state index in [1.165, 1.54) is 11.4 Å². The SMILES string of the molecule is Cc1ccc(C)n1C1CNC1. The van der Waals surface area contributed by atoms with E-state index < -0.39 is 0 Å². The number of aromatic nitrogens is 1. The molecule has 1 aromatic heterocycles. The van der Waals surface area contributed by atoms with E-state index in [1.54, 1.807) is 0 Å². The normalized spacial score (nSPS) is 18.4. The highest BCUT2D eigenvalue weighted by atomic mass is 15.1. The Morgan fingerprint density at radius 3 is 2.18 bits per heavy atom. The van der Waals surface area contributed by atoms with Crippen LogP contribution in [-0.2, 0) is 0 Å². The van der Waals surface area contributed by atoms with Crippen LogP contribution in [0.3, 0.4) is 0 Å². The van der Waals surface area contributed by atoms with E-state index in [0.29, 0.717) is 6.04 Å². The number of rotatable bonds is 1. The van der Waals surface area contributed by atoms with Gasteiger partial charge in [0.1, 0.15) is 0 Å². The van der Waals surface area contributed by atoms with Gasteiger partial charge in [-0.1, -0.05) is 0 Å². The molecular formula is C9H14N2. The zero-order valence-corrected chi connectivity index (χ0v) is 7.09. The van der Waals surface area contributed by atoms with E-state index >= 15 is 0 Å². The molecule has 0 spiro atoms. The Bertz CT molecular complexity index is 239. The third-order valence-electron chi connectivity index (χ3n) is 2.45. The first-order valence-electron chi connectivity index (χ1n) is 4.14. The average molecular weight is 150 g/mol. The smallest absolute Gasteiger partial charge is 0.0584 e. The molecule has 0 saturated carbocycles. The van der Waals surface area contributed by atoms with Crippen LogP contribution in [0.4, 0.5) is 0 Å². The molecule has 0 aromatic carbocycles. The minimum Gasteiger partial charge on any atom is -0.344 e. The van der Waals surface area contributed by atoms with Gasteiger partial charge in [-0.3, -0.25) is 0 Å². The van der Waals surface area contributed by atoms with Crippen molar-refractivity contribution >= 4 is 0 Å². The van der Waals surface area contributed by atoms with Gasteiger partial charge in [0, 0.05) is 24.5 Å². The first-order chi connectivity index (χ1) is 5.29. The summed E-state index contributed by atoms with van der Waals surface area (Å²) in [6, 6.07) is 5.09. The Kier molecular flexibility index (Phi) is 1.50. The van der Waals surface area contributed by atoms with E-state index in [2.05, 4.69) is 35.9 Å². The maximum absolute atomic E-state index is 3.28. The van der Waals surface area contributed by atoms with Crippen molar-refractivity contribution in [2.24, 2.45) is 0 Å². The third-order valence-corrected chi connectivity index (χ3v) is 2.45. The van der Waals surface area contributed by atoms with Gasteiger partial charge in [0.05, 0.1) is 6.04 Å². The maximum Gasteiger partial charge on any atom is 0.0584 e. The molecule has 1 aliphatic heterocycles. The van der Waals surface area contributed by atoms with Gasteiger partial charge in [-0.2, -0.15) is 0 Å². The monoisotopic (exact) mass is 150 g/mol. The number of nitrogens with zero attached hydrogens (tertiary/aromatic N) is 1. The summed E-state index contributed by atoms with van der Waals surface area (Å²) in [5.74, 6) is 0. The Balaban J connectivity index is 2.33. The molecule has 1 saturated heterocycles. The van der Waals surface area contributed by atoms with Crippen molar-refractivity contribution in [2.75, 3.05) is 13.1 Å². The molecular weight excluding hydrogens is 136 g/mol. The molecule has 1 fully saturated rings. The lowest BCUT2D eigenvalue weighted by Crippen LogP contribution is -2.44. The molecule has 0 amide bonds. The van der Waals surface area contributed by atoms with Crippen LogP contribution in [0.5, 0.6) is 0 Å². The fraction of sp³-hybridized carbons (Fsp3) is 0.556. The molecule has 1 N–H and O–H groups in total. The van der Waals surface area contributed by atoms with Crippen LogP contribution in [-0.4, -0.2) is 17.7 Å². The van der Waals surface area contributed by atoms with Gasteiger partial charge in [0.15, 0.2) is 0 Å². The van der Waals surface area contributed by atoms with E-state index in [-0.39, 0.29) is 0 Å². The molecule has 0 aliphatic carbocycles. The van der Waals surface area contributed by atoms with Crippen LogP contribution in [0.25, 0.3) is 0 Å². The van der Waals surface area contributed by atoms with Crippen molar-refractivity contribution in [1.82, 2.24) is 9.88 Å². The van der Waals surface area contributed by atoms with Gasteiger partial charge < -0.3 is 9.88 Å². The molecule has 60 valence electrons. The third kappa shape index (κ3) is 0.979. The summed E-state index contributed by atoms with van der Waals surface area (Å²) in [5, 5.41) is 3.28. The molecule has 1 aliphatic rings. The predicted molar refractivity (Wildman–Crippen MR) is 45.8 cm³/mol. The zero-order valence-electron chi connectivity index (χ0n) is 7.09. The van der Waals surface area contributed by atoms with E-state index in [0.717, 1.165) is 13.1 Å². The van der Waals surface area contributed by atoms with Crippen molar-refractivity contribution in [1.29, 1.82) is 0 Å². The lowest BCUT2D eigenvalue weighted by molar-refractivity contribution is 0.335. The summed E-state index contributed by atoms with van der Waals surface area (Å²) in [6.45, 7) is 6.61. The van der Waals surface area contributed by atoms with Crippen LogP contribution in [0, 0.1) is 13.8 Å². The topological polar surface area (TPSA) is 17.0 Å². The molecule has 0 bridgehead atoms. The second-order valence-electron chi connectivity index (χ2n) is 3.30. The lowest BCUT2D eigenvalue weighted by atomic mass is 10.1. The van der Waals surface area contributed by atoms with E-state index in [1.807, 2.05) is 0 Å². The summed E-state index contributed by atoms with van der Waals surface area (Å²) < 4.78 is 2.41. The summed E-state index contributed by atoms with van der Waals surface area (Å²) >= 11 is 0. The minimum atomic E-state index is 0.713. The average Bonchev–Trinajstić information content (AvgIpc) is 2.15. The summed E-state index contributed by atoms with van der Waals surface area (Å²) in [4.78, 5) is 0. The molecule has 2 nitrogen and oxygen atoms in total. The molecule has 2 heteroatoms. The van der Waals surface area contributed by atoms with Crippen LogP contribution >= 0.6 is 0 Å². The van der Waals surface area contributed by atoms with E-state index in [9.17, 15) is 0 Å². The van der Waals surface area contributed by atoms with Crippen molar-refractivity contribution in [3.8, 4) is 0 Å². The molecule has 2 rings (SSSR count). The van der Waals surface area contributed by atoms with Crippen molar-refractivity contribution in [3.63, 3.8) is 0 Å². The largest absolute Gasteiger partial charge is 0.344 e. The van der Waals surface area contributed by atoms with Gasteiger partial charge in [0.25, 0.3) is 0 Å². The Labute approximate surface area is 67.2 Å². The number of aryl methyl sites for hydroxylation is 2. The molecule has 1 aromatic rings. The highest BCUT2D eigenvalue weighted by Crippen LogP contribution is 2.18. The number of hydrogen-bond donors (Lipinski definition) is 1. The highest BCUT2D eigenvalue weighted by molar-refractivity contribution is 5.16. The van der Waals surface area contributed by atoms with Crippen LogP contribution in [0.15, 0.2) is 12.1 Å². The minimum absolute atomic E-state index is 0.713. The predicted octanol–water partition coefficient (Wildman–Crippen LogP) is 1.25. The van der Waals surface area contributed by atoms with Gasteiger partial charge in [-0.15, -0.1) is 0 Å². The standard InChI is InChI=1S/C9H14N2/c1-7-3-4-8(2)11(7)9-5-10-6-9/h3-4,9-10H,5-6H2,1-2H3. The first-order valence-corrected chi connectivity index (χ1v) is 4.14. The Morgan fingerprint density at radius 2 is 1.82 bits per heavy atom.